The van der Waals surface area contributed by atoms with Crippen LogP contribution in [0.2, 0.25) is 0 Å². The van der Waals surface area contributed by atoms with E-state index < -0.39 is 0 Å². The minimum Gasteiger partial charge on any atom is -0.487 e. The van der Waals surface area contributed by atoms with E-state index in [0.29, 0.717) is 155 Å². The fourth-order valence-corrected chi connectivity index (χ4v) is 3.74. The molecular weight excluding hydrogens is 576 g/mol. The standard InChI is InChI=1S/C32H48O12/c1-2-6-30-29(5-1)41-25-21-37-17-13-33-9-10-35-15-19-39-23-27-43-31-7-3-4-8-32(31)44-28-24-40-20-16-36-12-11-34-14-18-38-22-26-42-30/h1-8H,9-28H2. The van der Waals surface area contributed by atoms with Crippen molar-refractivity contribution in [3.63, 3.8) is 0 Å². The predicted octanol–water partition coefficient (Wildman–Crippen LogP) is 3.05. The van der Waals surface area contributed by atoms with Crippen molar-refractivity contribution < 1.29 is 56.8 Å². The largest absolute Gasteiger partial charge is 0.487 e. The first-order valence-electron chi connectivity index (χ1n) is 15.2. The van der Waals surface area contributed by atoms with Gasteiger partial charge in [-0.25, -0.2) is 0 Å². The first kappa shape index (κ1) is 35.8. The summed E-state index contributed by atoms with van der Waals surface area (Å²) in [6, 6.07) is 15.1. The molecular formula is C32H48O12. The van der Waals surface area contributed by atoms with Crippen LogP contribution in [0, 0.1) is 0 Å². The summed E-state index contributed by atoms with van der Waals surface area (Å²) in [5.41, 5.74) is 0. The van der Waals surface area contributed by atoms with Gasteiger partial charge in [-0.15, -0.1) is 0 Å². The van der Waals surface area contributed by atoms with E-state index in [-0.39, 0.29) is 0 Å². The van der Waals surface area contributed by atoms with E-state index in [0.717, 1.165) is 0 Å². The molecule has 0 atom stereocenters. The van der Waals surface area contributed by atoms with Gasteiger partial charge in [0.15, 0.2) is 23.0 Å². The zero-order chi connectivity index (χ0) is 30.6. The number of fused-ring (bicyclic) bond motifs is 2. The van der Waals surface area contributed by atoms with E-state index in [1.54, 1.807) is 0 Å². The summed E-state index contributed by atoms with van der Waals surface area (Å²) in [5, 5.41) is 0. The smallest absolute Gasteiger partial charge is 0.161 e. The third kappa shape index (κ3) is 17.6. The molecule has 1 aliphatic rings. The van der Waals surface area contributed by atoms with E-state index in [9.17, 15) is 0 Å². The lowest BCUT2D eigenvalue weighted by Gasteiger charge is -2.13. The Morgan fingerprint density at radius 3 is 0.568 bits per heavy atom. The Kier molecular flexibility index (Phi) is 20.8. The fraction of sp³-hybridized carbons (Fsp3) is 0.625. The van der Waals surface area contributed by atoms with Crippen LogP contribution < -0.4 is 18.9 Å². The Bertz CT molecular complexity index is 797. The molecule has 0 aliphatic carbocycles. The Morgan fingerprint density at radius 1 is 0.227 bits per heavy atom. The first-order valence-corrected chi connectivity index (χ1v) is 15.2. The molecule has 3 rings (SSSR count). The van der Waals surface area contributed by atoms with Crippen LogP contribution in [0.25, 0.3) is 0 Å². The maximum Gasteiger partial charge on any atom is 0.161 e. The van der Waals surface area contributed by atoms with E-state index in [4.69, 9.17) is 56.8 Å². The number of hydrogen-bond donors (Lipinski definition) is 0. The highest BCUT2D eigenvalue weighted by molar-refractivity contribution is 5.40. The van der Waals surface area contributed by atoms with Crippen molar-refractivity contribution in [2.75, 3.05) is 132 Å². The van der Waals surface area contributed by atoms with Crippen molar-refractivity contribution in [2.45, 2.75) is 0 Å². The van der Waals surface area contributed by atoms with Gasteiger partial charge < -0.3 is 56.8 Å². The summed E-state index contributed by atoms with van der Waals surface area (Å²) in [6.07, 6.45) is 0. The van der Waals surface area contributed by atoms with Crippen molar-refractivity contribution >= 4 is 0 Å². The van der Waals surface area contributed by atoms with Crippen LogP contribution in [-0.2, 0) is 37.9 Å². The van der Waals surface area contributed by atoms with Crippen LogP contribution in [0.4, 0.5) is 0 Å². The predicted molar refractivity (Wildman–Crippen MR) is 161 cm³/mol. The van der Waals surface area contributed by atoms with Crippen LogP contribution in [-0.4, -0.2) is 132 Å². The number of ether oxygens (including phenoxy) is 12. The molecule has 2 aromatic carbocycles. The van der Waals surface area contributed by atoms with Gasteiger partial charge in [0.1, 0.15) is 26.4 Å². The normalized spacial score (nSPS) is 19.8. The molecule has 0 N–H and O–H groups in total. The molecule has 0 fully saturated rings. The van der Waals surface area contributed by atoms with Gasteiger partial charge in [0.2, 0.25) is 0 Å². The van der Waals surface area contributed by atoms with E-state index in [2.05, 4.69) is 0 Å². The van der Waals surface area contributed by atoms with Crippen LogP contribution in [0.15, 0.2) is 48.5 Å². The molecule has 0 amide bonds. The topological polar surface area (TPSA) is 111 Å². The molecule has 0 bridgehead atoms. The lowest BCUT2D eigenvalue weighted by atomic mass is 10.3. The second-order valence-electron chi connectivity index (χ2n) is 9.19. The minimum absolute atomic E-state index is 0.402. The summed E-state index contributed by atoms with van der Waals surface area (Å²) in [7, 11) is 0. The van der Waals surface area contributed by atoms with Gasteiger partial charge in [0.25, 0.3) is 0 Å². The average molecular weight is 625 g/mol. The third-order valence-corrected chi connectivity index (χ3v) is 5.87. The van der Waals surface area contributed by atoms with Crippen LogP contribution in [0.5, 0.6) is 23.0 Å². The molecule has 44 heavy (non-hydrogen) atoms. The van der Waals surface area contributed by atoms with Gasteiger partial charge >= 0.3 is 0 Å². The molecule has 12 heteroatoms. The minimum atomic E-state index is 0.402. The Morgan fingerprint density at radius 2 is 0.386 bits per heavy atom. The van der Waals surface area contributed by atoms with Gasteiger partial charge in [0.05, 0.1) is 106 Å². The highest BCUT2D eigenvalue weighted by Crippen LogP contribution is 2.27. The van der Waals surface area contributed by atoms with Crippen LogP contribution in [0.3, 0.4) is 0 Å². The zero-order valence-corrected chi connectivity index (χ0v) is 25.7. The third-order valence-electron chi connectivity index (χ3n) is 5.87. The monoisotopic (exact) mass is 624 g/mol. The number of rotatable bonds is 0. The van der Waals surface area contributed by atoms with Gasteiger partial charge in [-0.2, -0.15) is 0 Å². The quantitative estimate of drug-likeness (QED) is 0.430. The van der Waals surface area contributed by atoms with Crippen molar-refractivity contribution in [2.24, 2.45) is 0 Å². The molecule has 0 saturated heterocycles. The first-order chi connectivity index (χ1) is 21.9. The lowest BCUT2D eigenvalue weighted by Crippen LogP contribution is -2.15. The summed E-state index contributed by atoms with van der Waals surface area (Å²) >= 11 is 0. The lowest BCUT2D eigenvalue weighted by molar-refractivity contribution is -0.00841. The second kappa shape index (κ2) is 25.6. The summed E-state index contributed by atoms with van der Waals surface area (Å²) in [6.45, 7) is 9.13. The van der Waals surface area contributed by atoms with Gasteiger partial charge in [-0.1, -0.05) is 24.3 Å². The Hall–Kier alpha value is -2.68. The maximum atomic E-state index is 5.82. The Balaban J connectivity index is 1.31. The highest BCUT2D eigenvalue weighted by Gasteiger charge is 2.06. The SMILES string of the molecule is c1ccc2c(c1)OCCOCCOCCOCCOCCOc1ccccc1OCCOCCOCCOCCOCCO2. The molecule has 0 radical (unpaired) electrons. The fourth-order valence-electron chi connectivity index (χ4n) is 3.74. The number of hydrogen-bond acceptors (Lipinski definition) is 12. The molecule has 248 valence electrons. The number of benzene rings is 2. The maximum absolute atomic E-state index is 5.82. The van der Waals surface area contributed by atoms with Gasteiger partial charge in [0, 0.05) is 0 Å². The van der Waals surface area contributed by atoms with Crippen molar-refractivity contribution in [1.29, 1.82) is 0 Å². The molecule has 0 saturated carbocycles. The molecule has 2 aromatic rings. The second-order valence-corrected chi connectivity index (χ2v) is 9.19. The highest BCUT2D eigenvalue weighted by atomic mass is 16.6. The summed E-state index contributed by atoms with van der Waals surface area (Å²) in [4.78, 5) is 0. The van der Waals surface area contributed by atoms with Crippen LogP contribution in [0.1, 0.15) is 0 Å². The Labute approximate surface area is 260 Å². The van der Waals surface area contributed by atoms with E-state index in [1.165, 1.54) is 0 Å². The van der Waals surface area contributed by atoms with Crippen molar-refractivity contribution in [1.82, 2.24) is 0 Å². The van der Waals surface area contributed by atoms with E-state index in [1.807, 2.05) is 48.5 Å². The number of para-hydroxylation sites is 4. The summed E-state index contributed by atoms with van der Waals surface area (Å²) in [5.74, 6) is 2.65. The van der Waals surface area contributed by atoms with Crippen molar-refractivity contribution in [3.8, 4) is 23.0 Å². The zero-order valence-electron chi connectivity index (χ0n) is 25.7. The summed E-state index contributed by atoms with van der Waals surface area (Å²) < 4.78 is 67.8. The average Bonchev–Trinajstić information content (AvgIpc) is 3.05. The van der Waals surface area contributed by atoms with Crippen molar-refractivity contribution in [3.05, 3.63) is 48.5 Å². The van der Waals surface area contributed by atoms with E-state index >= 15 is 0 Å². The van der Waals surface area contributed by atoms with Gasteiger partial charge in [-0.05, 0) is 24.3 Å². The molecule has 1 aliphatic heterocycles. The molecule has 1 heterocycles. The van der Waals surface area contributed by atoms with Crippen LogP contribution >= 0.6 is 0 Å². The molecule has 0 unspecified atom stereocenters. The molecule has 0 aromatic heterocycles. The molecule has 0 spiro atoms. The molecule has 12 nitrogen and oxygen atoms in total. The van der Waals surface area contributed by atoms with Gasteiger partial charge in [-0.3, -0.25) is 0 Å².